The summed E-state index contributed by atoms with van der Waals surface area (Å²) in [6, 6.07) is 9.95. The van der Waals surface area contributed by atoms with Crippen LogP contribution in [0.5, 0.6) is 0 Å². The number of fused-ring (bicyclic) bond motifs is 1. The van der Waals surface area contributed by atoms with Gasteiger partial charge in [0.2, 0.25) is 0 Å². The lowest BCUT2D eigenvalue weighted by atomic mass is 9.97. The number of pyridine rings is 1. The third-order valence-corrected chi connectivity index (χ3v) is 7.06. The number of imidazole rings is 1. The molecule has 1 aromatic carbocycles. The zero-order valence-corrected chi connectivity index (χ0v) is 18.6. The average Bonchev–Trinajstić information content (AvgIpc) is 3.52. The van der Waals surface area contributed by atoms with E-state index in [1.165, 1.54) is 23.5 Å². The van der Waals surface area contributed by atoms with Crippen LogP contribution >= 0.6 is 11.3 Å². The predicted octanol–water partition coefficient (Wildman–Crippen LogP) is 3.88. The molecule has 1 aliphatic rings. The fourth-order valence-electron chi connectivity index (χ4n) is 4.05. The lowest BCUT2D eigenvalue weighted by molar-refractivity contribution is 0.0708. The minimum absolute atomic E-state index is 0.107. The molecule has 0 spiro atoms. The quantitative estimate of drug-likeness (QED) is 0.487. The monoisotopic (exact) mass is 463 g/mol. The summed E-state index contributed by atoms with van der Waals surface area (Å²) >= 11 is 1.39. The summed E-state index contributed by atoms with van der Waals surface area (Å²) in [4.78, 5) is 36.2. The Morgan fingerprint density at radius 1 is 1.12 bits per heavy atom. The van der Waals surface area contributed by atoms with Gasteiger partial charge >= 0.3 is 0 Å². The molecule has 0 atom stereocenters. The molecule has 7 nitrogen and oxygen atoms in total. The number of likely N-dealkylation sites (tertiary alicyclic amines) is 1. The maximum atomic E-state index is 13.9. The molecule has 0 bridgehead atoms. The van der Waals surface area contributed by atoms with Gasteiger partial charge in [0, 0.05) is 44.1 Å². The van der Waals surface area contributed by atoms with Crippen LogP contribution < -0.4 is 5.32 Å². The van der Waals surface area contributed by atoms with Crippen molar-refractivity contribution < 1.29 is 14.0 Å². The van der Waals surface area contributed by atoms with Gasteiger partial charge in [-0.15, -0.1) is 11.3 Å². The number of benzene rings is 1. The molecular weight excluding hydrogens is 441 g/mol. The van der Waals surface area contributed by atoms with Crippen molar-refractivity contribution in [2.75, 3.05) is 13.1 Å². The van der Waals surface area contributed by atoms with Gasteiger partial charge in [-0.25, -0.2) is 14.4 Å². The summed E-state index contributed by atoms with van der Waals surface area (Å²) in [6.07, 6.45) is 8.61. The van der Waals surface area contributed by atoms with Crippen LogP contribution in [0.25, 0.3) is 5.65 Å². The molecule has 1 N–H and O–H groups in total. The van der Waals surface area contributed by atoms with E-state index in [2.05, 4.69) is 15.3 Å². The number of carbonyl (C=O) groups excluding carboxylic acids is 2. The van der Waals surface area contributed by atoms with Crippen LogP contribution in [-0.2, 0) is 6.54 Å². The fraction of sp³-hybridized carbons (Fsp3) is 0.250. The highest BCUT2D eigenvalue weighted by molar-refractivity contribution is 7.13. The van der Waals surface area contributed by atoms with E-state index in [-0.39, 0.29) is 23.3 Å². The number of piperidine rings is 1. The molecular formula is C24H22FN5O2S. The summed E-state index contributed by atoms with van der Waals surface area (Å²) < 4.78 is 15.9. The number of nitrogens with one attached hydrogen (secondary N) is 1. The molecule has 0 saturated carbocycles. The average molecular weight is 464 g/mol. The highest BCUT2D eigenvalue weighted by atomic mass is 32.1. The Labute approximate surface area is 193 Å². The van der Waals surface area contributed by atoms with Crippen molar-refractivity contribution in [2.45, 2.75) is 25.3 Å². The number of carbonyl (C=O) groups is 2. The Balaban J connectivity index is 1.16. The number of amides is 2. The van der Waals surface area contributed by atoms with Crippen molar-refractivity contribution in [3.63, 3.8) is 0 Å². The van der Waals surface area contributed by atoms with Crippen molar-refractivity contribution in [2.24, 2.45) is 0 Å². The first-order valence-corrected chi connectivity index (χ1v) is 11.6. The van der Waals surface area contributed by atoms with E-state index in [4.69, 9.17) is 0 Å². The largest absolute Gasteiger partial charge is 0.347 e. The van der Waals surface area contributed by atoms with Gasteiger partial charge < -0.3 is 14.6 Å². The predicted molar refractivity (Wildman–Crippen MR) is 123 cm³/mol. The normalized spacial score (nSPS) is 14.5. The Bertz CT molecular complexity index is 1310. The van der Waals surface area contributed by atoms with Crippen molar-refractivity contribution in [3.8, 4) is 0 Å². The summed E-state index contributed by atoms with van der Waals surface area (Å²) in [5, 5.41) is 3.84. The van der Waals surface area contributed by atoms with Crippen molar-refractivity contribution >= 4 is 28.8 Å². The van der Waals surface area contributed by atoms with Gasteiger partial charge in [0.25, 0.3) is 11.8 Å². The second-order valence-electron chi connectivity index (χ2n) is 8.02. The summed E-state index contributed by atoms with van der Waals surface area (Å²) in [5.41, 5.74) is 1.91. The Hall–Kier alpha value is -3.59. The SMILES string of the molecule is O=C(NCc1ccn2ccnc2c1)c1cnc(C2CCN(C(=O)c3ccccc3F)CC2)s1. The van der Waals surface area contributed by atoms with Crippen LogP contribution in [0.2, 0.25) is 0 Å². The smallest absolute Gasteiger partial charge is 0.263 e. The van der Waals surface area contributed by atoms with E-state index in [0.717, 1.165) is 29.1 Å². The zero-order chi connectivity index (χ0) is 22.8. The highest BCUT2D eigenvalue weighted by Crippen LogP contribution is 2.31. The number of hydrogen-bond donors (Lipinski definition) is 1. The topological polar surface area (TPSA) is 79.6 Å². The molecule has 1 saturated heterocycles. The molecule has 5 rings (SSSR count). The third kappa shape index (κ3) is 4.49. The molecule has 33 heavy (non-hydrogen) atoms. The molecule has 168 valence electrons. The van der Waals surface area contributed by atoms with Crippen LogP contribution in [0.1, 0.15) is 49.4 Å². The first-order valence-electron chi connectivity index (χ1n) is 10.8. The van der Waals surface area contributed by atoms with Crippen LogP contribution in [0.4, 0.5) is 4.39 Å². The van der Waals surface area contributed by atoms with Crippen LogP contribution in [0.15, 0.2) is 61.2 Å². The Morgan fingerprint density at radius 3 is 2.76 bits per heavy atom. The van der Waals surface area contributed by atoms with Gasteiger partial charge in [-0.2, -0.15) is 0 Å². The minimum Gasteiger partial charge on any atom is -0.347 e. The van der Waals surface area contributed by atoms with Crippen molar-refractivity contribution in [1.82, 2.24) is 24.6 Å². The lowest BCUT2D eigenvalue weighted by Gasteiger charge is -2.31. The molecule has 0 radical (unpaired) electrons. The van der Waals surface area contributed by atoms with Crippen LogP contribution in [0.3, 0.4) is 0 Å². The summed E-state index contributed by atoms with van der Waals surface area (Å²) in [6.45, 7) is 1.48. The maximum absolute atomic E-state index is 13.9. The Morgan fingerprint density at radius 2 is 1.94 bits per heavy atom. The van der Waals surface area contributed by atoms with Crippen molar-refractivity contribution in [3.05, 3.63) is 88.0 Å². The molecule has 1 fully saturated rings. The first kappa shape index (κ1) is 21.3. The van der Waals surface area contributed by atoms with Gasteiger partial charge in [-0.3, -0.25) is 9.59 Å². The molecule has 4 heterocycles. The zero-order valence-electron chi connectivity index (χ0n) is 17.8. The highest BCUT2D eigenvalue weighted by Gasteiger charge is 2.28. The van der Waals surface area contributed by atoms with Gasteiger partial charge in [0.1, 0.15) is 16.3 Å². The number of rotatable bonds is 5. The van der Waals surface area contributed by atoms with E-state index >= 15 is 0 Å². The molecule has 9 heteroatoms. The minimum atomic E-state index is -0.495. The van der Waals surface area contributed by atoms with Gasteiger partial charge in [0.05, 0.1) is 16.8 Å². The van der Waals surface area contributed by atoms with Gasteiger partial charge in [-0.05, 0) is 42.7 Å². The number of nitrogens with zero attached hydrogens (tertiary/aromatic N) is 4. The van der Waals surface area contributed by atoms with Gasteiger partial charge in [-0.1, -0.05) is 12.1 Å². The van der Waals surface area contributed by atoms with Crippen molar-refractivity contribution in [1.29, 1.82) is 0 Å². The fourth-order valence-corrected chi connectivity index (χ4v) is 5.05. The summed E-state index contributed by atoms with van der Waals surface area (Å²) in [5.74, 6) is -0.748. The third-order valence-electron chi connectivity index (χ3n) is 5.90. The van der Waals surface area contributed by atoms with E-state index in [1.807, 2.05) is 28.9 Å². The molecule has 0 unspecified atom stereocenters. The van der Waals surface area contributed by atoms with E-state index < -0.39 is 5.82 Å². The van der Waals surface area contributed by atoms with E-state index in [0.29, 0.717) is 24.5 Å². The first-order chi connectivity index (χ1) is 16.1. The second-order valence-corrected chi connectivity index (χ2v) is 9.08. The number of aromatic nitrogens is 3. The van der Waals surface area contributed by atoms with Crippen LogP contribution in [-0.4, -0.2) is 44.2 Å². The van der Waals surface area contributed by atoms with Gasteiger partial charge in [0.15, 0.2) is 0 Å². The molecule has 4 aromatic rings. The lowest BCUT2D eigenvalue weighted by Crippen LogP contribution is -2.38. The molecule has 2 amide bonds. The second kappa shape index (κ2) is 9.11. The molecule has 3 aromatic heterocycles. The van der Waals surface area contributed by atoms with E-state index in [1.54, 1.807) is 29.4 Å². The van der Waals surface area contributed by atoms with E-state index in [9.17, 15) is 14.0 Å². The maximum Gasteiger partial charge on any atom is 0.263 e. The summed E-state index contributed by atoms with van der Waals surface area (Å²) in [7, 11) is 0. The Kier molecular flexibility index (Phi) is 5.87. The number of hydrogen-bond acceptors (Lipinski definition) is 5. The van der Waals surface area contributed by atoms with Crippen LogP contribution in [0, 0.1) is 5.82 Å². The number of halogens is 1. The molecule has 0 aliphatic carbocycles. The standard InChI is InChI=1S/C24H22FN5O2S/c25-19-4-2-1-3-18(19)24(32)30-10-6-17(7-11-30)23-28-15-20(33-23)22(31)27-14-16-5-9-29-12-8-26-21(29)13-16/h1-5,8-9,12-13,15,17H,6-7,10-11,14H2,(H,27,31). The number of thiazole rings is 1. The molecule has 1 aliphatic heterocycles.